The number of fused-ring (bicyclic) bond motifs is 1. The molecule has 1 atom stereocenters. The Morgan fingerprint density at radius 2 is 2.10 bits per heavy atom. The number of carbonyl (C=O) groups is 2. The molecule has 4 rings (SSSR count). The van der Waals surface area contributed by atoms with Gasteiger partial charge in [-0.15, -0.1) is 0 Å². The molecule has 2 saturated heterocycles. The number of hydrogen-bond acceptors (Lipinski definition) is 5. The Morgan fingerprint density at radius 1 is 1.24 bits per heavy atom. The molecule has 5 nitrogen and oxygen atoms in total. The molecule has 1 aromatic heterocycles. The van der Waals surface area contributed by atoms with E-state index in [0.29, 0.717) is 19.4 Å². The predicted molar refractivity (Wildman–Crippen MR) is 81.3 cm³/mol. The van der Waals surface area contributed by atoms with Gasteiger partial charge in [0.2, 0.25) is 11.8 Å². The number of hydrogen-bond donors (Lipinski definition) is 1. The van der Waals surface area contributed by atoms with Crippen LogP contribution in [0.4, 0.5) is 5.13 Å². The number of benzene rings is 1. The van der Waals surface area contributed by atoms with Gasteiger partial charge in [0.1, 0.15) is 0 Å². The number of piperidine rings is 1. The van der Waals surface area contributed by atoms with E-state index < -0.39 is 5.41 Å². The van der Waals surface area contributed by atoms with Crippen LogP contribution in [0.5, 0.6) is 0 Å². The average molecular weight is 301 g/mol. The van der Waals surface area contributed by atoms with Crippen LogP contribution in [0.15, 0.2) is 24.3 Å². The van der Waals surface area contributed by atoms with E-state index in [1.54, 1.807) is 11.3 Å². The van der Waals surface area contributed by atoms with Crippen LogP contribution in [0.25, 0.3) is 10.2 Å². The zero-order chi connectivity index (χ0) is 14.4. The molecule has 1 unspecified atom stereocenters. The highest BCUT2D eigenvalue weighted by Gasteiger charge is 2.48. The molecule has 21 heavy (non-hydrogen) atoms. The van der Waals surface area contributed by atoms with Crippen LogP contribution >= 0.6 is 11.3 Å². The lowest BCUT2D eigenvalue weighted by atomic mass is 9.79. The molecule has 0 aliphatic carbocycles. The standard InChI is InChI=1S/C15H15N3O2S/c19-12-5-6-15(13(20)17-12)7-8-18(9-15)14-16-10-3-1-2-4-11(10)21-14/h1-4H,5-9H2,(H,17,19,20). The van der Waals surface area contributed by atoms with Gasteiger partial charge in [-0.3, -0.25) is 14.9 Å². The van der Waals surface area contributed by atoms with E-state index in [4.69, 9.17) is 0 Å². The maximum atomic E-state index is 12.2. The molecule has 0 saturated carbocycles. The van der Waals surface area contributed by atoms with Gasteiger partial charge in [0.05, 0.1) is 15.6 Å². The van der Waals surface area contributed by atoms with E-state index in [1.807, 2.05) is 18.2 Å². The van der Waals surface area contributed by atoms with E-state index in [0.717, 1.165) is 28.3 Å². The van der Waals surface area contributed by atoms with Crippen molar-refractivity contribution in [2.75, 3.05) is 18.0 Å². The Labute approximate surface area is 126 Å². The fourth-order valence-corrected chi connectivity index (χ4v) is 4.20. The molecule has 108 valence electrons. The monoisotopic (exact) mass is 301 g/mol. The fraction of sp³-hybridized carbons (Fsp3) is 0.400. The summed E-state index contributed by atoms with van der Waals surface area (Å²) in [7, 11) is 0. The first-order valence-corrected chi connectivity index (χ1v) is 7.93. The van der Waals surface area contributed by atoms with Crippen LogP contribution in [-0.4, -0.2) is 29.9 Å². The number of carbonyl (C=O) groups excluding carboxylic acids is 2. The van der Waals surface area contributed by atoms with E-state index in [-0.39, 0.29) is 11.8 Å². The van der Waals surface area contributed by atoms with Crippen LogP contribution in [0.2, 0.25) is 0 Å². The third kappa shape index (κ3) is 2.01. The molecule has 3 heterocycles. The summed E-state index contributed by atoms with van der Waals surface area (Å²) in [5.74, 6) is -0.258. The normalized spacial score (nSPS) is 25.8. The van der Waals surface area contributed by atoms with Gasteiger partial charge in [-0.25, -0.2) is 4.98 Å². The van der Waals surface area contributed by atoms with E-state index in [9.17, 15) is 9.59 Å². The molecule has 2 aliphatic rings. The highest BCUT2D eigenvalue weighted by molar-refractivity contribution is 7.22. The summed E-state index contributed by atoms with van der Waals surface area (Å²) in [4.78, 5) is 30.4. The molecular weight excluding hydrogens is 286 g/mol. The Hall–Kier alpha value is -1.95. The first-order valence-electron chi connectivity index (χ1n) is 7.11. The summed E-state index contributed by atoms with van der Waals surface area (Å²) < 4.78 is 1.16. The van der Waals surface area contributed by atoms with Gasteiger partial charge in [0.25, 0.3) is 0 Å². The molecule has 2 aliphatic heterocycles. The largest absolute Gasteiger partial charge is 0.347 e. The van der Waals surface area contributed by atoms with E-state index >= 15 is 0 Å². The number of nitrogens with zero attached hydrogens (tertiary/aromatic N) is 2. The van der Waals surface area contributed by atoms with E-state index in [2.05, 4.69) is 21.3 Å². The van der Waals surface area contributed by atoms with Crippen molar-refractivity contribution < 1.29 is 9.59 Å². The third-order valence-corrected chi connectivity index (χ3v) is 5.57. The summed E-state index contributed by atoms with van der Waals surface area (Å²) in [5, 5.41) is 3.46. The maximum Gasteiger partial charge on any atom is 0.234 e. The Kier molecular flexibility index (Phi) is 2.75. The van der Waals surface area contributed by atoms with Gasteiger partial charge in [-0.1, -0.05) is 23.5 Å². The lowest BCUT2D eigenvalue weighted by molar-refractivity contribution is -0.140. The lowest BCUT2D eigenvalue weighted by Crippen LogP contribution is -2.50. The van der Waals surface area contributed by atoms with Crippen molar-refractivity contribution in [2.45, 2.75) is 19.3 Å². The van der Waals surface area contributed by atoms with Crippen molar-refractivity contribution in [1.82, 2.24) is 10.3 Å². The number of rotatable bonds is 1. The summed E-state index contributed by atoms with van der Waals surface area (Å²) in [6.45, 7) is 1.48. The van der Waals surface area contributed by atoms with Crippen molar-refractivity contribution in [3.63, 3.8) is 0 Å². The average Bonchev–Trinajstić information content (AvgIpc) is 3.08. The van der Waals surface area contributed by atoms with Crippen molar-refractivity contribution >= 4 is 38.5 Å². The molecule has 2 amide bonds. The Bertz CT molecular complexity index is 708. The van der Waals surface area contributed by atoms with Crippen LogP contribution in [-0.2, 0) is 9.59 Å². The van der Waals surface area contributed by atoms with Gasteiger partial charge in [-0.05, 0) is 25.0 Å². The van der Waals surface area contributed by atoms with Crippen LogP contribution in [0, 0.1) is 5.41 Å². The van der Waals surface area contributed by atoms with Crippen molar-refractivity contribution in [1.29, 1.82) is 0 Å². The van der Waals surface area contributed by atoms with Gasteiger partial charge in [0, 0.05) is 19.5 Å². The zero-order valence-electron chi connectivity index (χ0n) is 11.5. The predicted octanol–water partition coefficient (Wildman–Crippen LogP) is 1.93. The smallest absolute Gasteiger partial charge is 0.234 e. The van der Waals surface area contributed by atoms with Crippen LogP contribution in [0.3, 0.4) is 0 Å². The van der Waals surface area contributed by atoms with Crippen LogP contribution < -0.4 is 10.2 Å². The van der Waals surface area contributed by atoms with Gasteiger partial charge < -0.3 is 4.90 Å². The number of imide groups is 1. The fourth-order valence-electron chi connectivity index (χ4n) is 3.21. The maximum absolute atomic E-state index is 12.2. The highest BCUT2D eigenvalue weighted by atomic mass is 32.1. The minimum atomic E-state index is -0.411. The highest BCUT2D eigenvalue weighted by Crippen LogP contribution is 2.41. The summed E-state index contributed by atoms with van der Waals surface area (Å²) in [6.07, 6.45) is 1.89. The van der Waals surface area contributed by atoms with E-state index in [1.165, 1.54) is 0 Å². The summed E-state index contributed by atoms with van der Waals surface area (Å²) >= 11 is 1.66. The number of thiazole rings is 1. The van der Waals surface area contributed by atoms with Gasteiger partial charge in [0.15, 0.2) is 5.13 Å². The SMILES string of the molecule is O=C1CCC2(CCN(c3nc4ccccc4s3)C2)C(=O)N1. The van der Waals surface area contributed by atoms with Crippen LogP contribution in [0.1, 0.15) is 19.3 Å². The van der Waals surface area contributed by atoms with Gasteiger partial charge >= 0.3 is 0 Å². The molecule has 1 spiro atoms. The number of para-hydroxylation sites is 1. The summed E-state index contributed by atoms with van der Waals surface area (Å²) in [5.41, 5.74) is 0.591. The van der Waals surface area contributed by atoms with Crippen molar-refractivity contribution in [2.24, 2.45) is 5.41 Å². The minimum absolute atomic E-state index is 0.109. The molecule has 2 fully saturated rings. The quantitative estimate of drug-likeness (QED) is 0.818. The number of nitrogens with one attached hydrogen (secondary N) is 1. The molecule has 6 heteroatoms. The topological polar surface area (TPSA) is 62.3 Å². The second kappa shape index (κ2) is 4.53. The number of anilines is 1. The minimum Gasteiger partial charge on any atom is -0.347 e. The second-order valence-electron chi connectivity index (χ2n) is 5.79. The molecule has 2 aromatic rings. The molecule has 0 radical (unpaired) electrons. The van der Waals surface area contributed by atoms with Crippen molar-refractivity contribution in [3.8, 4) is 0 Å². The number of aromatic nitrogens is 1. The molecule has 1 aromatic carbocycles. The first-order chi connectivity index (χ1) is 10.2. The molecule has 0 bridgehead atoms. The van der Waals surface area contributed by atoms with Gasteiger partial charge in [-0.2, -0.15) is 0 Å². The lowest BCUT2D eigenvalue weighted by Gasteiger charge is -2.31. The first kappa shape index (κ1) is 12.8. The Morgan fingerprint density at radius 3 is 2.90 bits per heavy atom. The van der Waals surface area contributed by atoms with Crippen molar-refractivity contribution in [3.05, 3.63) is 24.3 Å². The molecule has 1 N–H and O–H groups in total. The third-order valence-electron chi connectivity index (χ3n) is 4.47. The summed E-state index contributed by atoms with van der Waals surface area (Å²) in [6, 6.07) is 8.06. The molecular formula is C15H15N3O2S. The number of amides is 2. The Balaban J connectivity index is 1.61. The zero-order valence-corrected chi connectivity index (χ0v) is 12.3. The second-order valence-corrected chi connectivity index (χ2v) is 6.80.